The number of halogens is 1. The second kappa shape index (κ2) is 8.64. The monoisotopic (exact) mass is 395 g/mol. The number of carbonyl (C=O) groups is 1. The molecule has 0 saturated carbocycles. The van der Waals surface area contributed by atoms with Crippen LogP contribution in [-0.4, -0.2) is 14.3 Å². The zero-order chi connectivity index (χ0) is 17.9. The van der Waals surface area contributed by atoms with Crippen LogP contribution in [0.15, 0.2) is 47.4 Å². The first kappa shape index (κ1) is 20.4. The van der Waals surface area contributed by atoms with Gasteiger partial charge >= 0.3 is 0 Å². The van der Waals surface area contributed by atoms with Crippen LogP contribution in [-0.2, 0) is 34.5 Å². The third kappa shape index (κ3) is 4.82. The van der Waals surface area contributed by atoms with E-state index in [-0.39, 0.29) is 29.8 Å². The number of carbonyl (C=O) groups excluding carboxylic acids is 1. The number of nitrogens with one attached hydrogen (secondary N) is 3. The van der Waals surface area contributed by atoms with Crippen molar-refractivity contribution in [3.05, 3.63) is 59.2 Å². The van der Waals surface area contributed by atoms with Crippen molar-refractivity contribution in [3.8, 4) is 0 Å². The van der Waals surface area contributed by atoms with Gasteiger partial charge in [-0.15, -0.1) is 12.4 Å². The fourth-order valence-corrected chi connectivity index (χ4v) is 3.70. The first-order chi connectivity index (χ1) is 12.0. The van der Waals surface area contributed by atoms with Crippen molar-refractivity contribution < 1.29 is 13.2 Å². The van der Waals surface area contributed by atoms with Gasteiger partial charge in [-0.3, -0.25) is 4.79 Å². The normalized spacial score (nSPS) is 13.0. The maximum Gasteiger partial charge on any atom is 0.240 e. The van der Waals surface area contributed by atoms with E-state index in [1.807, 2.05) is 18.2 Å². The van der Waals surface area contributed by atoms with E-state index in [1.54, 1.807) is 19.1 Å². The van der Waals surface area contributed by atoms with E-state index in [0.29, 0.717) is 12.1 Å². The first-order valence-corrected chi connectivity index (χ1v) is 9.67. The topological polar surface area (TPSA) is 87.3 Å². The lowest BCUT2D eigenvalue weighted by Gasteiger charge is -2.09. The van der Waals surface area contributed by atoms with Crippen molar-refractivity contribution in [2.24, 2.45) is 0 Å². The molecule has 8 heteroatoms. The number of anilines is 1. The van der Waals surface area contributed by atoms with Gasteiger partial charge in [0.25, 0.3) is 0 Å². The Morgan fingerprint density at radius 2 is 1.77 bits per heavy atom. The molecule has 1 amide bonds. The molecule has 0 atom stereocenters. The fourth-order valence-electron chi connectivity index (χ4n) is 2.69. The van der Waals surface area contributed by atoms with E-state index < -0.39 is 10.0 Å². The van der Waals surface area contributed by atoms with Crippen molar-refractivity contribution in [1.82, 2.24) is 10.0 Å². The lowest BCUT2D eigenvalue weighted by atomic mass is 10.1. The molecule has 0 saturated heterocycles. The number of sulfonamides is 1. The highest BCUT2D eigenvalue weighted by Gasteiger charge is 2.15. The molecule has 0 radical (unpaired) electrons. The zero-order valence-corrected chi connectivity index (χ0v) is 16.0. The summed E-state index contributed by atoms with van der Waals surface area (Å²) in [5.74, 6) is -0.111. The van der Waals surface area contributed by atoms with Gasteiger partial charge in [0.05, 0.1) is 4.90 Å². The molecule has 26 heavy (non-hydrogen) atoms. The molecule has 3 rings (SSSR count). The zero-order valence-electron chi connectivity index (χ0n) is 14.4. The van der Waals surface area contributed by atoms with E-state index in [2.05, 4.69) is 15.4 Å². The molecule has 3 N–H and O–H groups in total. The second-order valence-corrected chi connectivity index (χ2v) is 7.72. The average Bonchev–Trinajstić information content (AvgIpc) is 3.08. The van der Waals surface area contributed by atoms with Crippen LogP contribution in [0.4, 0.5) is 5.69 Å². The van der Waals surface area contributed by atoms with Crippen LogP contribution in [0.2, 0.25) is 0 Å². The molecule has 2 aromatic rings. The second-order valence-electron chi connectivity index (χ2n) is 5.96. The van der Waals surface area contributed by atoms with Crippen molar-refractivity contribution in [1.29, 1.82) is 0 Å². The third-order valence-corrected chi connectivity index (χ3v) is 5.55. The van der Waals surface area contributed by atoms with Crippen molar-refractivity contribution >= 4 is 34.0 Å². The van der Waals surface area contributed by atoms with Crippen LogP contribution in [0.1, 0.15) is 30.0 Å². The third-order valence-electron chi connectivity index (χ3n) is 4.14. The first-order valence-electron chi connectivity index (χ1n) is 8.19. The van der Waals surface area contributed by atoms with E-state index in [1.165, 1.54) is 23.3 Å². The summed E-state index contributed by atoms with van der Waals surface area (Å²) in [5.41, 5.74) is 3.99. The van der Waals surface area contributed by atoms with Gasteiger partial charge in [-0.25, -0.2) is 13.1 Å². The SMILES string of the molecule is CCC(=O)Nc1ccc(S(=O)(=O)NCc2ccc3c(c2)CNC3)cc1.Cl. The highest BCUT2D eigenvalue weighted by Crippen LogP contribution is 2.18. The molecular weight excluding hydrogens is 374 g/mol. The standard InChI is InChI=1S/C18H21N3O3S.ClH/c1-2-18(22)21-16-5-7-17(8-6-16)25(23,24)20-10-13-3-4-14-11-19-12-15(14)9-13;/h3-9,19-20H,2,10-12H2,1H3,(H,21,22);1H. The Balaban J connectivity index is 0.00000243. The molecule has 0 spiro atoms. The molecule has 1 aliphatic rings. The summed E-state index contributed by atoms with van der Waals surface area (Å²) in [5, 5.41) is 5.96. The van der Waals surface area contributed by atoms with Gasteiger partial charge < -0.3 is 10.6 Å². The highest BCUT2D eigenvalue weighted by molar-refractivity contribution is 7.89. The number of benzene rings is 2. The van der Waals surface area contributed by atoms with Gasteiger partial charge in [0, 0.05) is 31.7 Å². The van der Waals surface area contributed by atoms with Gasteiger partial charge in [0.2, 0.25) is 15.9 Å². The van der Waals surface area contributed by atoms with Crippen LogP contribution in [0, 0.1) is 0 Å². The summed E-state index contributed by atoms with van der Waals surface area (Å²) in [6, 6.07) is 12.1. The largest absolute Gasteiger partial charge is 0.326 e. The lowest BCUT2D eigenvalue weighted by molar-refractivity contribution is -0.115. The highest BCUT2D eigenvalue weighted by atomic mass is 35.5. The van der Waals surface area contributed by atoms with E-state index in [9.17, 15) is 13.2 Å². The smallest absolute Gasteiger partial charge is 0.240 e. The summed E-state index contributed by atoms with van der Waals surface area (Å²) < 4.78 is 27.5. The van der Waals surface area contributed by atoms with Crippen LogP contribution in [0.3, 0.4) is 0 Å². The van der Waals surface area contributed by atoms with Crippen LogP contribution in [0.25, 0.3) is 0 Å². The average molecular weight is 396 g/mol. The summed E-state index contributed by atoms with van der Waals surface area (Å²) >= 11 is 0. The Hall–Kier alpha value is -1.93. The van der Waals surface area contributed by atoms with Crippen LogP contribution >= 0.6 is 12.4 Å². The van der Waals surface area contributed by atoms with Crippen LogP contribution < -0.4 is 15.4 Å². The summed E-state index contributed by atoms with van der Waals surface area (Å²) in [7, 11) is -3.60. The molecule has 0 aromatic heterocycles. The van der Waals surface area contributed by atoms with E-state index >= 15 is 0 Å². The van der Waals surface area contributed by atoms with Crippen LogP contribution in [0.5, 0.6) is 0 Å². The lowest BCUT2D eigenvalue weighted by Crippen LogP contribution is -2.23. The Labute approximate surface area is 159 Å². The predicted molar refractivity (Wildman–Crippen MR) is 104 cm³/mol. The maximum absolute atomic E-state index is 12.4. The number of rotatable bonds is 6. The van der Waals surface area contributed by atoms with Gasteiger partial charge in [-0.2, -0.15) is 0 Å². The minimum absolute atomic E-state index is 0. The summed E-state index contributed by atoms with van der Waals surface area (Å²) in [6.45, 7) is 3.68. The Morgan fingerprint density at radius 1 is 1.08 bits per heavy atom. The van der Waals surface area contributed by atoms with Crippen molar-refractivity contribution in [2.75, 3.05) is 5.32 Å². The van der Waals surface area contributed by atoms with Crippen molar-refractivity contribution in [3.63, 3.8) is 0 Å². The maximum atomic E-state index is 12.4. The molecule has 0 aliphatic carbocycles. The number of fused-ring (bicyclic) bond motifs is 1. The van der Waals surface area contributed by atoms with Gasteiger partial charge in [-0.1, -0.05) is 25.1 Å². The summed E-state index contributed by atoms with van der Waals surface area (Å²) in [4.78, 5) is 11.5. The predicted octanol–water partition coefficient (Wildman–Crippen LogP) is 2.54. The molecule has 1 aliphatic heterocycles. The Morgan fingerprint density at radius 3 is 2.46 bits per heavy atom. The number of hydrogen-bond acceptors (Lipinski definition) is 4. The molecule has 0 unspecified atom stereocenters. The minimum Gasteiger partial charge on any atom is -0.326 e. The molecule has 2 aromatic carbocycles. The van der Waals surface area contributed by atoms with Gasteiger partial charge in [-0.05, 0) is 41.0 Å². The quantitative estimate of drug-likeness (QED) is 0.701. The number of amides is 1. The molecule has 0 bridgehead atoms. The fraction of sp³-hybridized carbons (Fsp3) is 0.278. The molecule has 0 fully saturated rings. The molecule has 1 heterocycles. The molecular formula is C18H22ClN3O3S. The Kier molecular flexibility index (Phi) is 6.77. The van der Waals surface area contributed by atoms with Crippen molar-refractivity contribution in [2.45, 2.75) is 37.9 Å². The summed E-state index contributed by atoms with van der Waals surface area (Å²) in [6.07, 6.45) is 0.373. The van der Waals surface area contributed by atoms with Gasteiger partial charge in [0.15, 0.2) is 0 Å². The molecule has 140 valence electrons. The van der Waals surface area contributed by atoms with E-state index in [0.717, 1.165) is 18.7 Å². The van der Waals surface area contributed by atoms with E-state index in [4.69, 9.17) is 0 Å². The Bertz CT molecular complexity index is 883. The minimum atomic E-state index is -3.60. The molecule has 6 nitrogen and oxygen atoms in total. The number of hydrogen-bond donors (Lipinski definition) is 3. The van der Waals surface area contributed by atoms with Gasteiger partial charge in [0.1, 0.15) is 0 Å².